The third-order valence-corrected chi connectivity index (χ3v) is 7.49. The molecule has 176 valence electrons. The zero-order chi connectivity index (χ0) is 24.8. The van der Waals surface area contributed by atoms with Crippen LogP contribution in [0.2, 0.25) is 0 Å². The highest BCUT2D eigenvalue weighted by Gasteiger charge is 2.45. The van der Waals surface area contributed by atoms with Gasteiger partial charge in [-0.05, 0) is 51.3 Å². The Morgan fingerprint density at radius 2 is 2.00 bits per heavy atom. The van der Waals surface area contributed by atoms with Crippen molar-refractivity contribution in [2.45, 2.75) is 37.9 Å². The number of benzene rings is 1. The van der Waals surface area contributed by atoms with Crippen molar-refractivity contribution in [2.75, 3.05) is 7.11 Å². The molecular formula is C25H24FNO5PS+. The SMILES string of the molecule is C#COC(=O)CC(O)C(c1c(-c2ccc(F)cc2)cc(-c2cccs2)nc1C(C)C)[P+](=O)OC. The summed E-state index contributed by atoms with van der Waals surface area (Å²) >= 11 is 1.51. The fraction of sp³-hybridized carbons (Fsp3) is 0.280. The Morgan fingerprint density at radius 1 is 1.29 bits per heavy atom. The van der Waals surface area contributed by atoms with Gasteiger partial charge in [0, 0.05) is 5.56 Å². The van der Waals surface area contributed by atoms with E-state index in [0.717, 1.165) is 4.88 Å². The van der Waals surface area contributed by atoms with E-state index in [4.69, 9.17) is 15.9 Å². The number of esters is 1. The maximum Gasteiger partial charge on any atom is 0.518 e. The van der Waals surface area contributed by atoms with Gasteiger partial charge in [-0.2, -0.15) is 0 Å². The number of hydrogen-bond acceptors (Lipinski definition) is 7. The number of hydrogen-bond donors (Lipinski definition) is 1. The van der Waals surface area contributed by atoms with Crippen LogP contribution < -0.4 is 0 Å². The number of carbonyl (C=O) groups is 1. The monoisotopic (exact) mass is 500 g/mol. The molecule has 0 aliphatic rings. The number of thiophene rings is 1. The van der Waals surface area contributed by atoms with E-state index in [1.807, 2.05) is 37.4 Å². The van der Waals surface area contributed by atoms with Gasteiger partial charge < -0.3 is 9.84 Å². The van der Waals surface area contributed by atoms with Crippen LogP contribution in [0.5, 0.6) is 0 Å². The molecule has 0 saturated heterocycles. The van der Waals surface area contributed by atoms with Gasteiger partial charge >= 0.3 is 14.0 Å². The standard InChI is InChI=1S/C25H24FNO5PS/c1-5-32-22(29)14-20(28)25(33(30)31-4)23-18(16-8-10-17(26)11-9-16)13-19(21-7-6-12-34-21)27-24(23)15(2)3/h1,6-13,15,20,25,28H,14H2,2-4H3/q+1. The summed E-state index contributed by atoms with van der Waals surface area (Å²) < 4.78 is 36.5. The Hall–Kier alpha value is -2.95. The van der Waals surface area contributed by atoms with Gasteiger partial charge in [0.15, 0.2) is 0 Å². The molecule has 34 heavy (non-hydrogen) atoms. The Kier molecular flexibility index (Phi) is 8.65. The number of nitrogens with zero attached hydrogens (tertiary/aromatic N) is 1. The Balaban J connectivity index is 2.30. The minimum Gasteiger partial charge on any atom is -0.387 e. The third-order valence-electron chi connectivity index (χ3n) is 5.18. The van der Waals surface area contributed by atoms with Crippen molar-refractivity contribution in [1.82, 2.24) is 4.98 Å². The van der Waals surface area contributed by atoms with E-state index in [-0.39, 0.29) is 5.92 Å². The van der Waals surface area contributed by atoms with Crippen LogP contribution in [-0.4, -0.2) is 29.3 Å². The minimum absolute atomic E-state index is 0.137. The summed E-state index contributed by atoms with van der Waals surface area (Å²) in [5.74, 6) is -1.38. The van der Waals surface area contributed by atoms with Gasteiger partial charge in [0.2, 0.25) is 5.66 Å². The smallest absolute Gasteiger partial charge is 0.387 e. The molecule has 1 aromatic carbocycles. The fourth-order valence-electron chi connectivity index (χ4n) is 3.69. The van der Waals surface area contributed by atoms with E-state index < -0.39 is 38.0 Å². The normalized spacial score (nSPS) is 13.3. The Bertz CT molecular complexity index is 1210. The lowest BCUT2D eigenvalue weighted by molar-refractivity contribution is -0.139. The van der Waals surface area contributed by atoms with Crippen molar-refractivity contribution in [3.63, 3.8) is 0 Å². The predicted molar refractivity (Wildman–Crippen MR) is 130 cm³/mol. The number of aliphatic hydroxyl groups is 1. The minimum atomic E-state index is -2.48. The van der Waals surface area contributed by atoms with E-state index in [0.29, 0.717) is 28.1 Å². The number of aliphatic hydroxyl groups excluding tert-OH is 1. The Labute approximate surface area is 202 Å². The number of rotatable bonds is 9. The molecule has 2 aromatic heterocycles. The van der Waals surface area contributed by atoms with Crippen LogP contribution in [0.15, 0.2) is 47.8 Å². The zero-order valence-electron chi connectivity index (χ0n) is 18.9. The quantitative estimate of drug-likeness (QED) is 0.219. The number of ether oxygens (including phenoxy) is 1. The summed E-state index contributed by atoms with van der Waals surface area (Å²) in [5.41, 5.74) is 1.87. The molecule has 0 aliphatic heterocycles. The summed E-state index contributed by atoms with van der Waals surface area (Å²) in [6.45, 7) is 3.85. The van der Waals surface area contributed by atoms with Gasteiger partial charge in [0.1, 0.15) is 18.0 Å². The van der Waals surface area contributed by atoms with Crippen molar-refractivity contribution in [3.05, 3.63) is 64.9 Å². The van der Waals surface area contributed by atoms with Crippen LogP contribution in [-0.2, 0) is 18.6 Å². The lowest BCUT2D eigenvalue weighted by Crippen LogP contribution is -2.23. The predicted octanol–water partition coefficient (Wildman–Crippen LogP) is 6.05. The number of terminal acetylenes is 1. The highest BCUT2D eigenvalue weighted by molar-refractivity contribution is 7.39. The summed E-state index contributed by atoms with van der Waals surface area (Å²) in [6.07, 6.45) is 4.87. The van der Waals surface area contributed by atoms with Gasteiger partial charge in [-0.15, -0.1) is 15.9 Å². The number of aromatic nitrogens is 1. The molecule has 0 fully saturated rings. The van der Waals surface area contributed by atoms with Crippen molar-refractivity contribution in [2.24, 2.45) is 0 Å². The molecule has 0 amide bonds. The molecular weight excluding hydrogens is 476 g/mol. The molecule has 1 N–H and O–H groups in total. The number of pyridine rings is 1. The molecule has 0 saturated carbocycles. The van der Waals surface area contributed by atoms with Gasteiger partial charge in [-0.3, -0.25) is 9.78 Å². The van der Waals surface area contributed by atoms with Crippen LogP contribution in [0, 0.1) is 18.3 Å². The van der Waals surface area contributed by atoms with E-state index in [2.05, 4.69) is 4.74 Å². The van der Waals surface area contributed by atoms with E-state index >= 15 is 0 Å². The molecule has 0 bridgehead atoms. The summed E-state index contributed by atoms with van der Waals surface area (Å²) in [4.78, 5) is 17.8. The second-order valence-electron chi connectivity index (χ2n) is 7.77. The molecule has 3 rings (SSSR count). The topological polar surface area (TPSA) is 85.7 Å². The molecule has 9 heteroatoms. The number of carbonyl (C=O) groups excluding carboxylic acids is 1. The van der Waals surface area contributed by atoms with Crippen LogP contribution in [0.25, 0.3) is 21.7 Å². The van der Waals surface area contributed by atoms with Crippen molar-refractivity contribution < 1.29 is 28.1 Å². The van der Waals surface area contributed by atoms with Crippen molar-refractivity contribution in [1.29, 1.82) is 0 Å². The van der Waals surface area contributed by atoms with E-state index in [1.54, 1.807) is 18.2 Å². The third kappa shape index (κ3) is 5.75. The lowest BCUT2D eigenvalue weighted by Gasteiger charge is -2.22. The van der Waals surface area contributed by atoms with Crippen LogP contribution in [0.4, 0.5) is 4.39 Å². The van der Waals surface area contributed by atoms with Crippen molar-refractivity contribution in [3.8, 4) is 34.2 Å². The summed E-state index contributed by atoms with van der Waals surface area (Å²) in [5, 5.41) is 13.0. The first-order chi connectivity index (χ1) is 16.3. The average molecular weight is 501 g/mol. The molecule has 3 aromatic rings. The van der Waals surface area contributed by atoms with Crippen LogP contribution >= 0.6 is 19.4 Å². The van der Waals surface area contributed by atoms with Gasteiger partial charge in [0.05, 0.1) is 29.8 Å². The molecule has 3 atom stereocenters. The largest absolute Gasteiger partial charge is 0.518 e. The zero-order valence-corrected chi connectivity index (χ0v) is 20.6. The molecule has 0 spiro atoms. The molecule has 6 nitrogen and oxygen atoms in total. The van der Waals surface area contributed by atoms with Gasteiger partial charge in [-0.25, -0.2) is 4.39 Å². The molecule has 2 heterocycles. The highest BCUT2D eigenvalue weighted by Crippen LogP contribution is 2.50. The first-order valence-electron chi connectivity index (χ1n) is 10.4. The molecule has 0 radical (unpaired) electrons. The van der Waals surface area contributed by atoms with E-state index in [9.17, 15) is 18.9 Å². The first-order valence-corrected chi connectivity index (χ1v) is 12.6. The van der Waals surface area contributed by atoms with Crippen molar-refractivity contribution >= 4 is 25.3 Å². The van der Waals surface area contributed by atoms with Gasteiger partial charge in [-0.1, -0.05) is 38.5 Å². The average Bonchev–Trinajstić information content (AvgIpc) is 3.34. The highest BCUT2D eigenvalue weighted by atomic mass is 32.1. The second-order valence-corrected chi connectivity index (χ2v) is 10.2. The molecule has 3 unspecified atom stereocenters. The van der Waals surface area contributed by atoms with Gasteiger partial charge in [0.25, 0.3) is 0 Å². The number of halogens is 1. The van der Waals surface area contributed by atoms with Crippen LogP contribution in [0.3, 0.4) is 0 Å². The lowest BCUT2D eigenvalue weighted by atomic mass is 9.89. The maximum atomic E-state index is 13.7. The Morgan fingerprint density at radius 3 is 2.56 bits per heavy atom. The fourth-order valence-corrected chi connectivity index (χ4v) is 5.47. The van der Waals surface area contributed by atoms with E-state index in [1.165, 1.54) is 30.6 Å². The van der Waals surface area contributed by atoms with Crippen LogP contribution in [0.1, 0.15) is 43.1 Å². The first kappa shape index (κ1) is 25.7. The molecule has 0 aliphatic carbocycles. The summed E-state index contributed by atoms with van der Waals surface area (Å²) in [6, 6.07) is 11.5. The summed E-state index contributed by atoms with van der Waals surface area (Å²) in [7, 11) is -1.21. The maximum absolute atomic E-state index is 13.7. The second kappa shape index (κ2) is 11.5.